The highest BCUT2D eigenvalue weighted by atomic mass is 16.5. The van der Waals surface area contributed by atoms with E-state index in [0.717, 1.165) is 29.8 Å². The first-order valence-corrected chi connectivity index (χ1v) is 12.3. The van der Waals surface area contributed by atoms with Crippen LogP contribution >= 0.6 is 0 Å². The lowest BCUT2D eigenvalue weighted by atomic mass is 10.1. The van der Waals surface area contributed by atoms with Gasteiger partial charge in [0, 0.05) is 62.0 Å². The Kier molecular flexibility index (Phi) is 8.93. The molecule has 0 radical (unpaired) electrons. The van der Waals surface area contributed by atoms with Gasteiger partial charge in [-0.15, -0.1) is 0 Å². The molecule has 11 heteroatoms. The summed E-state index contributed by atoms with van der Waals surface area (Å²) in [7, 11) is 1.58. The van der Waals surface area contributed by atoms with Gasteiger partial charge in [0.1, 0.15) is 11.6 Å². The van der Waals surface area contributed by atoms with Crippen molar-refractivity contribution in [3.8, 4) is 17.0 Å². The van der Waals surface area contributed by atoms with Gasteiger partial charge in [-0.3, -0.25) is 9.36 Å². The summed E-state index contributed by atoms with van der Waals surface area (Å²) < 4.78 is 12.5. The molecule has 0 unspecified atom stereocenters. The first-order chi connectivity index (χ1) is 18.1. The van der Waals surface area contributed by atoms with Crippen molar-refractivity contribution in [3.05, 3.63) is 59.0 Å². The van der Waals surface area contributed by atoms with E-state index in [0.29, 0.717) is 55.7 Å². The lowest BCUT2D eigenvalue weighted by Crippen LogP contribution is -2.28. The number of pyridine rings is 2. The maximum absolute atomic E-state index is 13.4. The van der Waals surface area contributed by atoms with Gasteiger partial charge in [-0.1, -0.05) is 6.92 Å². The summed E-state index contributed by atoms with van der Waals surface area (Å²) in [6.45, 7) is 6.61. The van der Waals surface area contributed by atoms with E-state index in [2.05, 4.69) is 42.5 Å². The number of ether oxygens (including phenoxy) is 2. The summed E-state index contributed by atoms with van der Waals surface area (Å²) in [6, 6.07) is 7.43. The van der Waals surface area contributed by atoms with Gasteiger partial charge in [-0.05, 0) is 38.0 Å². The summed E-state index contributed by atoms with van der Waals surface area (Å²) in [5.74, 6) is 2.29. The molecule has 2 N–H and O–H groups in total. The fourth-order valence-electron chi connectivity index (χ4n) is 3.76. The first kappa shape index (κ1) is 26.0. The molecule has 0 aliphatic rings. The van der Waals surface area contributed by atoms with E-state index >= 15 is 0 Å². The topological polar surface area (TPSA) is 129 Å². The van der Waals surface area contributed by atoms with Gasteiger partial charge in [0.25, 0.3) is 5.56 Å². The largest absolute Gasteiger partial charge is 0.481 e. The summed E-state index contributed by atoms with van der Waals surface area (Å²) >= 11 is 0. The van der Waals surface area contributed by atoms with Crippen LogP contribution in [0.4, 0.5) is 11.6 Å². The van der Waals surface area contributed by atoms with Crippen molar-refractivity contribution < 1.29 is 9.47 Å². The van der Waals surface area contributed by atoms with E-state index in [1.165, 1.54) is 0 Å². The highest BCUT2D eigenvalue weighted by Gasteiger charge is 2.13. The standard InChI is InChI=1S/C26H32N8O3/c1-4-13-37-14-12-34-21-15-20(19-6-7-23(36-3)30-16-19)17-31-24(21)33-25(26(34)35)29-10-5-9-28-22-8-11-27-18(2)32-22/h6-8,11,15-17H,4-5,9-10,12-14H2,1-3H3,(H,27,28,32)(H,29,31,33). The summed E-state index contributed by atoms with van der Waals surface area (Å²) in [6.07, 6.45) is 6.85. The molecule has 0 bridgehead atoms. The quantitative estimate of drug-likeness (QED) is 0.262. The number of nitrogens with one attached hydrogen (secondary N) is 2. The van der Waals surface area contributed by atoms with E-state index < -0.39 is 0 Å². The Morgan fingerprint density at radius 2 is 1.81 bits per heavy atom. The molecule has 0 saturated carbocycles. The van der Waals surface area contributed by atoms with Crippen LogP contribution in [-0.2, 0) is 11.3 Å². The van der Waals surface area contributed by atoms with E-state index in [1.807, 2.05) is 25.1 Å². The number of rotatable bonds is 13. The van der Waals surface area contributed by atoms with Crippen LogP contribution in [0.15, 0.2) is 47.7 Å². The minimum absolute atomic E-state index is 0.209. The molecule has 4 heterocycles. The monoisotopic (exact) mass is 504 g/mol. The molecule has 0 spiro atoms. The van der Waals surface area contributed by atoms with E-state index in [4.69, 9.17) is 9.47 Å². The molecule has 4 aromatic heterocycles. The van der Waals surface area contributed by atoms with Crippen LogP contribution in [-0.4, -0.2) is 62.9 Å². The fraction of sp³-hybridized carbons (Fsp3) is 0.385. The predicted molar refractivity (Wildman–Crippen MR) is 143 cm³/mol. The Balaban J connectivity index is 1.53. The van der Waals surface area contributed by atoms with Crippen molar-refractivity contribution in [1.29, 1.82) is 0 Å². The molecule has 0 saturated heterocycles. The Hall–Kier alpha value is -4.12. The minimum atomic E-state index is -0.209. The van der Waals surface area contributed by atoms with Crippen LogP contribution in [0.1, 0.15) is 25.6 Å². The molecule has 11 nitrogen and oxygen atoms in total. The SMILES string of the molecule is CCCOCCn1c(=O)c(NCCCNc2ccnc(C)n2)nc2ncc(-c3ccc(OC)nc3)cc21. The summed E-state index contributed by atoms with van der Waals surface area (Å²) in [5, 5.41) is 6.44. The zero-order chi connectivity index (χ0) is 26.0. The molecule has 0 aromatic carbocycles. The molecule has 0 atom stereocenters. The maximum atomic E-state index is 13.4. The molecule has 0 aliphatic heterocycles. The molecule has 0 amide bonds. The number of hydrogen-bond acceptors (Lipinski definition) is 10. The maximum Gasteiger partial charge on any atom is 0.293 e. The Labute approximate surface area is 215 Å². The van der Waals surface area contributed by atoms with Gasteiger partial charge < -0.3 is 20.1 Å². The third-order valence-corrected chi connectivity index (χ3v) is 5.62. The highest BCUT2D eigenvalue weighted by molar-refractivity contribution is 5.78. The van der Waals surface area contributed by atoms with E-state index in [1.54, 1.807) is 36.3 Å². The Bertz CT molecular complexity index is 1370. The molecule has 194 valence electrons. The second-order valence-electron chi connectivity index (χ2n) is 8.38. The summed E-state index contributed by atoms with van der Waals surface area (Å²) in [4.78, 5) is 35.2. The Morgan fingerprint density at radius 3 is 2.57 bits per heavy atom. The van der Waals surface area contributed by atoms with Gasteiger partial charge in [0.05, 0.1) is 19.2 Å². The van der Waals surface area contributed by atoms with Gasteiger partial charge >= 0.3 is 0 Å². The zero-order valence-electron chi connectivity index (χ0n) is 21.4. The van der Waals surface area contributed by atoms with Gasteiger partial charge in [-0.25, -0.2) is 24.9 Å². The van der Waals surface area contributed by atoms with Crippen molar-refractivity contribution in [2.75, 3.05) is 44.0 Å². The number of aryl methyl sites for hydroxylation is 1. The lowest BCUT2D eigenvalue weighted by Gasteiger charge is -2.14. The summed E-state index contributed by atoms with van der Waals surface area (Å²) in [5.41, 5.74) is 2.62. The smallest absolute Gasteiger partial charge is 0.293 e. The molecular weight excluding hydrogens is 472 g/mol. The van der Waals surface area contributed by atoms with Crippen LogP contribution in [0.5, 0.6) is 5.88 Å². The fourth-order valence-corrected chi connectivity index (χ4v) is 3.76. The molecular formula is C26H32N8O3. The Morgan fingerprint density at radius 1 is 0.973 bits per heavy atom. The number of nitrogens with zero attached hydrogens (tertiary/aromatic N) is 6. The minimum Gasteiger partial charge on any atom is -0.481 e. The van der Waals surface area contributed by atoms with Gasteiger partial charge in [0.2, 0.25) is 5.88 Å². The number of methoxy groups -OCH3 is 1. The van der Waals surface area contributed by atoms with E-state index in [9.17, 15) is 4.79 Å². The van der Waals surface area contributed by atoms with Crippen molar-refractivity contribution in [3.63, 3.8) is 0 Å². The lowest BCUT2D eigenvalue weighted by molar-refractivity contribution is 0.127. The van der Waals surface area contributed by atoms with Crippen LogP contribution in [0, 0.1) is 6.92 Å². The predicted octanol–water partition coefficient (Wildman–Crippen LogP) is 3.30. The normalized spacial score (nSPS) is 11.0. The van der Waals surface area contributed by atoms with Crippen molar-refractivity contribution in [1.82, 2.24) is 29.5 Å². The van der Waals surface area contributed by atoms with Gasteiger partial charge in [-0.2, -0.15) is 0 Å². The van der Waals surface area contributed by atoms with Crippen LogP contribution in [0.2, 0.25) is 0 Å². The second kappa shape index (κ2) is 12.7. The van der Waals surface area contributed by atoms with E-state index in [-0.39, 0.29) is 11.4 Å². The molecule has 0 aliphatic carbocycles. The molecule has 37 heavy (non-hydrogen) atoms. The van der Waals surface area contributed by atoms with Crippen molar-refractivity contribution in [2.45, 2.75) is 33.2 Å². The third kappa shape index (κ3) is 6.76. The molecule has 0 fully saturated rings. The number of anilines is 2. The van der Waals surface area contributed by atoms with Gasteiger partial charge in [0.15, 0.2) is 11.5 Å². The zero-order valence-corrected chi connectivity index (χ0v) is 21.4. The average molecular weight is 505 g/mol. The van der Waals surface area contributed by atoms with Crippen molar-refractivity contribution >= 4 is 22.8 Å². The third-order valence-electron chi connectivity index (χ3n) is 5.62. The average Bonchev–Trinajstić information content (AvgIpc) is 2.92. The van der Waals surface area contributed by atoms with Crippen molar-refractivity contribution in [2.24, 2.45) is 0 Å². The highest BCUT2D eigenvalue weighted by Crippen LogP contribution is 2.23. The van der Waals surface area contributed by atoms with Crippen LogP contribution < -0.4 is 20.9 Å². The van der Waals surface area contributed by atoms with Crippen LogP contribution in [0.3, 0.4) is 0 Å². The molecule has 4 aromatic rings. The van der Waals surface area contributed by atoms with Crippen LogP contribution in [0.25, 0.3) is 22.3 Å². The second-order valence-corrected chi connectivity index (χ2v) is 8.38. The first-order valence-electron chi connectivity index (χ1n) is 12.3. The molecule has 4 rings (SSSR count). The number of fused-ring (bicyclic) bond motifs is 1. The number of hydrogen-bond donors (Lipinski definition) is 2. The number of aromatic nitrogens is 6.